The van der Waals surface area contributed by atoms with Crippen LogP contribution < -0.4 is 4.74 Å². The van der Waals surface area contributed by atoms with Crippen LogP contribution in [0.2, 0.25) is 0 Å². The highest BCUT2D eigenvalue weighted by atomic mass is 19.4. The maximum absolute atomic E-state index is 12.6. The predicted molar refractivity (Wildman–Crippen MR) is 93.5 cm³/mol. The molecule has 0 aliphatic rings. The van der Waals surface area contributed by atoms with E-state index in [1.807, 2.05) is 6.07 Å². The Kier molecular flexibility index (Phi) is 4.94. The molecule has 136 valence electrons. The smallest absolute Gasteiger partial charge is 0.416 e. The van der Waals surface area contributed by atoms with Crippen molar-refractivity contribution in [2.24, 2.45) is 0 Å². The summed E-state index contributed by atoms with van der Waals surface area (Å²) in [4.78, 5) is 0. The molecule has 1 N–H and O–H groups in total. The average Bonchev–Trinajstić information content (AvgIpc) is 3.14. The first-order chi connectivity index (χ1) is 12.9. The molecule has 0 spiro atoms. The molecule has 0 unspecified atom stereocenters. The summed E-state index contributed by atoms with van der Waals surface area (Å²) in [6, 6.07) is 12.1. The van der Waals surface area contributed by atoms with E-state index in [1.54, 1.807) is 30.4 Å². The number of rotatable bonds is 4. The highest BCUT2D eigenvalue weighted by Crippen LogP contribution is 2.30. The zero-order valence-electron chi connectivity index (χ0n) is 14.1. The van der Waals surface area contributed by atoms with Crippen LogP contribution >= 0.6 is 0 Å². The van der Waals surface area contributed by atoms with Gasteiger partial charge in [0.1, 0.15) is 17.5 Å². The van der Waals surface area contributed by atoms with Gasteiger partial charge in [-0.05, 0) is 41.5 Å². The molecular formula is C19H13F3N4O. The van der Waals surface area contributed by atoms with Gasteiger partial charge in [0, 0.05) is 5.56 Å². The molecule has 0 aliphatic heterocycles. The molecule has 1 heterocycles. The molecule has 0 saturated carbocycles. The van der Waals surface area contributed by atoms with Gasteiger partial charge in [-0.15, -0.1) is 5.10 Å². The Balaban J connectivity index is 1.92. The lowest BCUT2D eigenvalue weighted by atomic mass is 10.0. The second-order valence-corrected chi connectivity index (χ2v) is 5.60. The lowest BCUT2D eigenvalue weighted by Gasteiger charge is -2.07. The predicted octanol–water partition coefficient (Wildman–Crippen LogP) is 4.54. The molecule has 0 atom stereocenters. The van der Waals surface area contributed by atoms with E-state index in [4.69, 9.17) is 10.00 Å². The number of halogens is 3. The van der Waals surface area contributed by atoms with Gasteiger partial charge in [-0.1, -0.05) is 29.5 Å². The maximum Gasteiger partial charge on any atom is 0.416 e. The van der Waals surface area contributed by atoms with Gasteiger partial charge in [0.2, 0.25) is 0 Å². The number of H-pyrrole nitrogens is 1. The number of aromatic nitrogens is 3. The van der Waals surface area contributed by atoms with E-state index in [2.05, 4.69) is 15.4 Å². The van der Waals surface area contributed by atoms with Gasteiger partial charge in [-0.2, -0.15) is 18.4 Å². The topological polar surface area (TPSA) is 74.6 Å². The molecule has 0 radical (unpaired) electrons. The summed E-state index contributed by atoms with van der Waals surface area (Å²) in [5.41, 5.74) is 1.90. The largest absolute Gasteiger partial charge is 0.497 e. The molecule has 3 aromatic rings. The van der Waals surface area contributed by atoms with E-state index in [-0.39, 0.29) is 5.69 Å². The Labute approximate surface area is 152 Å². The standard InChI is InChI=1S/C19H13F3N4O/c1-27-16-9-13(8-14(10-16)18-17(11-23)24-26-25-18)3-2-12-4-6-15(7-5-12)19(20,21)22/h2-10H,1H3,(H,24,25,26)/b3-2+. The Hall–Kier alpha value is -3.60. The SMILES string of the molecule is COc1cc(/C=C/c2ccc(C(F)(F)F)cc2)cc(-c2nn[nH]c2C#N)c1. The van der Waals surface area contributed by atoms with Crippen molar-refractivity contribution < 1.29 is 17.9 Å². The summed E-state index contributed by atoms with van der Waals surface area (Å²) in [7, 11) is 1.51. The normalized spacial score (nSPS) is 11.5. The molecule has 1 aromatic heterocycles. The van der Waals surface area contributed by atoms with Crippen LogP contribution in [0.1, 0.15) is 22.4 Å². The van der Waals surface area contributed by atoms with Gasteiger partial charge in [-0.3, -0.25) is 0 Å². The number of benzene rings is 2. The molecule has 5 nitrogen and oxygen atoms in total. The second kappa shape index (κ2) is 7.33. The van der Waals surface area contributed by atoms with Crippen LogP contribution in [-0.2, 0) is 6.18 Å². The number of alkyl halides is 3. The van der Waals surface area contributed by atoms with E-state index >= 15 is 0 Å². The molecule has 0 aliphatic carbocycles. The number of hydrogen-bond acceptors (Lipinski definition) is 4. The number of aromatic amines is 1. The number of nitriles is 1. The lowest BCUT2D eigenvalue weighted by molar-refractivity contribution is -0.137. The average molecular weight is 370 g/mol. The molecule has 8 heteroatoms. The Bertz CT molecular complexity index is 1010. The zero-order valence-corrected chi connectivity index (χ0v) is 14.1. The number of ether oxygens (including phenoxy) is 1. The molecule has 0 amide bonds. The van der Waals surface area contributed by atoms with Crippen LogP contribution in [0.5, 0.6) is 5.75 Å². The summed E-state index contributed by atoms with van der Waals surface area (Å²) in [6.45, 7) is 0. The first-order valence-electron chi connectivity index (χ1n) is 7.76. The maximum atomic E-state index is 12.6. The van der Waals surface area contributed by atoms with Gasteiger partial charge in [-0.25, -0.2) is 5.10 Å². The van der Waals surface area contributed by atoms with E-state index in [1.165, 1.54) is 19.2 Å². The lowest BCUT2D eigenvalue weighted by Crippen LogP contribution is -2.03. The van der Waals surface area contributed by atoms with Crippen molar-refractivity contribution >= 4 is 12.2 Å². The molecule has 3 rings (SSSR count). The molecule has 0 bridgehead atoms. The fourth-order valence-electron chi connectivity index (χ4n) is 2.46. The Morgan fingerprint density at radius 1 is 1.07 bits per heavy atom. The van der Waals surface area contributed by atoms with Crippen molar-refractivity contribution in [1.29, 1.82) is 5.26 Å². The van der Waals surface area contributed by atoms with Crippen molar-refractivity contribution in [3.8, 4) is 23.1 Å². The highest BCUT2D eigenvalue weighted by Gasteiger charge is 2.29. The highest BCUT2D eigenvalue weighted by molar-refractivity contribution is 5.75. The van der Waals surface area contributed by atoms with Crippen LogP contribution in [0.3, 0.4) is 0 Å². The number of hydrogen-bond donors (Lipinski definition) is 1. The first kappa shape index (κ1) is 18.2. The summed E-state index contributed by atoms with van der Waals surface area (Å²) in [6.07, 6.45) is -0.937. The Morgan fingerprint density at radius 2 is 1.78 bits per heavy atom. The number of nitrogens with zero attached hydrogens (tertiary/aromatic N) is 3. The number of methoxy groups -OCH3 is 1. The fourth-order valence-corrected chi connectivity index (χ4v) is 2.46. The van der Waals surface area contributed by atoms with Gasteiger partial charge in [0.05, 0.1) is 12.7 Å². The molecular weight excluding hydrogens is 357 g/mol. The monoisotopic (exact) mass is 370 g/mol. The van der Waals surface area contributed by atoms with Gasteiger partial charge in [0.25, 0.3) is 0 Å². The summed E-state index contributed by atoms with van der Waals surface area (Å²) in [5, 5.41) is 19.2. The Morgan fingerprint density at radius 3 is 2.41 bits per heavy atom. The minimum absolute atomic E-state index is 0.223. The van der Waals surface area contributed by atoms with Crippen molar-refractivity contribution in [3.05, 3.63) is 64.8 Å². The van der Waals surface area contributed by atoms with Gasteiger partial charge in [0.15, 0.2) is 5.69 Å². The third-order valence-electron chi connectivity index (χ3n) is 3.80. The van der Waals surface area contributed by atoms with Gasteiger partial charge < -0.3 is 4.74 Å². The van der Waals surface area contributed by atoms with E-state index in [0.717, 1.165) is 17.7 Å². The van der Waals surface area contributed by atoms with Crippen molar-refractivity contribution in [3.63, 3.8) is 0 Å². The quantitative estimate of drug-likeness (QED) is 0.684. The van der Waals surface area contributed by atoms with Crippen LogP contribution in [0.25, 0.3) is 23.4 Å². The fraction of sp³-hybridized carbons (Fsp3) is 0.105. The first-order valence-corrected chi connectivity index (χ1v) is 7.76. The summed E-state index contributed by atoms with van der Waals surface area (Å²) in [5.74, 6) is 0.548. The van der Waals surface area contributed by atoms with Crippen LogP contribution in [0.15, 0.2) is 42.5 Å². The molecule has 0 fully saturated rings. The van der Waals surface area contributed by atoms with E-state index in [0.29, 0.717) is 22.6 Å². The van der Waals surface area contributed by atoms with Crippen LogP contribution in [0.4, 0.5) is 13.2 Å². The summed E-state index contributed by atoms with van der Waals surface area (Å²) >= 11 is 0. The van der Waals surface area contributed by atoms with E-state index in [9.17, 15) is 13.2 Å². The van der Waals surface area contributed by atoms with E-state index < -0.39 is 11.7 Å². The second-order valence-electron chi connectivity index (χ2n) is 5.60. The van der Waals surface area contributed by atoms with Crippen molar-refractivity contribution in [1.82, 2.24) is 15.4 Å². The molecule has 0 saturated heterocycles. The number of nitrogens with one attached hydrogen (secondary N) is 1. The third kappa shape index (κ3) is 4.15. The molecule has 2 aromatic carbocycles. The third-order valence-corrected chi connectivity index (χ3v) is 3.80. The minimum atomic E-state index is -4.36. The summed E-state index contributed by atoms with van der Waals surface area (Å²) < 4.78 is 43.2. The van der Waals surface area contributed by atoms with Crippen molar-refractivity contribution in [2.45, 2.75) is 6.18 Å². The van der Waals surface area contributed by atoms with Gasteiger partial charge >= 0.3 is 6.18 Å². The minimum Gasteiger partial charge on any atom is -0.497 e. The van der Waals surface area contributed by atoms with Crippen LogP contribution in [0, 0.1) is 11.3 Å². The van der Waals surface area contributed by atoms with Crippen LogP contribution in [-0.4, -0.2) is 22.5 Å². The molecule has 27 heavy (non-hydrogen) atoms. The zero-order chi connectivity index (χ0) is 19.4. The van der Waals surface area contributed by atoms with Crippen molar-refractivity contribution in [2.75, 3.05) is 7.11 Å².